The van der Waals surface area contributed by atoms with Crippen molar-refractivity contribution < 1.29 is 22.7 Å². The van der Waals surface area contributed by atoms with Crippen LogP contribution in [0.1, 0.15) is 34.8 Å². The minimum atomic E-state index is -3.45. The van der Waals surface area contributed by atoms with Gasteiger partial charge in [-0.3, -0.25) is 9.10 Å². The van der Waals surface area contributed by atoms with Crippen molar-refractivity contribution in [3.63, 3.8) is 0 Å². The number of nitrogens with one attached hydrogen (secondary N) is 3. The molecule has 204 valence electrons. The molecule has 3 aromatic rings. The number of sulfonamides is 1. The van der Waals surface area contributed by atoms with Crippen LogP contribution in [0.2, 0.25) is 0 Å². The smallest absolute Gasteiger partial charge is 0.338 e. The van der Waals surface area contributed by atoms with Gasteiger partial charge >= 0.3 is 5.97 Å². The van der Waals surface area contributed by atoms with Gasteiger partial charge in [-0.25, -0.2) is 13.2 Å². The number of rotatable bonds is 11. The lowest BCUT2D eigenvalue weighted by molar-refractivity contribution is -0.110. The van der Waals surface area contributed by atoms with Crippen molar-refractivity contribution in [3.05, 3.63) is 89.5 Å². The van der Waals surface area contributed by atoms with E-state index < -0.39 is 16.0 Å². The second-order valence-electron chi connectivity index (χ2n) is 9.02. The molecule has 0 spiro atoms. The molecule has 1 amide bonds. The number of benzene rings is 3. The number of carbonyl (C=O) groups excluding carboxylic acids is 2. The van der Waals surface area contributed by atoms with Gasteiger partial charge in [0.05, 0.1) is 41.1 Å². The predicted molar refractivity (Wildman–Crippen MR) is 155 cm³/mol. The predicted octanol–water partition coefficient (Wildman–Crippen LogP) is 4.17. The Morgan fingerprint density at radius 3 is 2.36 bits per heavy atom. The van der Waals surface area contributed by atoms with Crippen LogP contribution in [0.3, 0.4) is 0 Å². The van der Waals surface area contributed by atoms with E-state index in [0.717, 1.165) is 5.56 Å². The fraction of sp³-hybridized carbons (Fsp3) is 0.241. The fourth-order valence-corrected chi connectivity index (χ4v) is 5.35. The first-order valence-corrected chi connectivity index (χ1v) is 14.5. The lowest BCUT2D eigenvalue weighted by Gasteiger charge is -2.23. The third kappa shape index (κ3) is 6.47. The lowest BCUT2D eigenvalue weighted by Crippen LogP contribution is -2.32. The van der Waals surface area contributed by atoms with Gasteiger partial charge in [0, 0.05) is 17.8 Å². The molecular formula is C29H32N4O5S. The number of ether oxygens (including phenoxy) is 1. The van der Waals surface area contributed by atoms with Crippen LogP contribution >= 0.6 is 0 Å². The Kier molecular flexibility index (Phi) is 8.68. The zero-order valence-electron chi connectivity index (χ0n) is 22.2. The molecule has 0 radical (unpaired) electrons. The molecule has 3 aromatic carbocycles. The van der Waals surface area contributed by atoms with Gasteiger partial charge in [-0.1, -0.05) is 36.4 Å². The van der Waals surface area contributed by atoms with E-state index in [9.17, 15) is 18.0 Å². The van der Waals surface area contributed by atoms with E-state index >= 15 is 0 Å². The zero-order valence-corrected chi connectivity index (χ0v) is 23.0. The largest absolute Gasteiger partial charge is 0.462 e. The second-order valence-corrected chi connectivity index (χ2v) is 10.9. The highest BCUT2D eigenvalue weighted by molar-refractivity contribution is 7.92. The topological polar surface area (TPSA) is 117 Å². The highest BCUT2D eigenvalue weighted by Crippen LogP contribution is 2.38. The highest BCUT2D eigenvalue weighted by Gasteiger charge is 2.29. The molecule has 0 aliphatic carbocycles. The maximum absolute atomic E-state index is 13.2. The van der Waals surface area contributed by atoms with E-state index in [2.05, 4.69) is 16.0 Å². The maximum atomic E-state index is 13.2. The van der Waals surface area contributed by atoms with Crippen LogP contribution in [0.4, 0.5) is 17.1 Å². The van der Waals surface area contributed by atoms with E-state index in [-0.39, 0.29) is 12.5 Å². The lowest BCUT2D eigenvalue weighted by atomic mass is 9.99. The number of nitrogens with zero attached hydrogens (tertiary/aromatic N) is 1. The van der Waals surface area contributed by atoms with Gasteiger partial charge in [0.15, 0.2) is 0 Å². The van der Waals surface area contributed by atoms with Gasteiger partial charge in [0.25, 0.3) is 5.91 Å². The monoisotopic (exact) mass is 548 g/mol. The Labute approximate surface area is 228 Å². The summed E-state index contributed by atoms with van der Waals surface area (Å²) < 4.78 is 31.3. The van der Waals surface area contributed by atoms with Crippen molar-refractivity contribution in [1.29, 1.82) is 0 Å². The quantitative estimate of drug-likeness (QED) is 0.187. The molecule has 39 heavy (non-hydrogen) atoms. The van der Waals surface area contributed by atoms with E-state index in [4.69, 9.17) is 4.74 Å². The third-order valence-electron chi connectivity index (χ3n) is 6.20. The summed E-state index contributed by atoms with van der Waals surface area (Å²) in [5, 5.41) is 9.27. The fourth-order valence-electron chi connectivity index (χ4n) is 4.39. The zero-order chi connectivity index (χ0) is 28.0. The number of carbonyl (C=O) groups is 2. The summed E-state index contributed by atoms with van der Waals surface area (Å²) in [4.78, 5) is 25.4. The van der Waals surface area contributed by atoms with Crippen LogP contribution in [0.5, 0.6) is 0 Å². The Hall–Kier alpha value is -4.15. The van der Waals surface area contributed by atoms with E-state index in [0.29, 0.717) is 59.0 Å². The van der Waals surface area contributed by atoms with Gasteiger partial charge in [-0.05, 0) is 68.9 Å². The molecular weight excluding hydrogens is 516 g/mol. The molecule has 0 saturated carbocycles. The van der Waals surface area contributed by atoms with Gasteiger partial charge in [-0.15, -0.1) is 0 Å². The molecule has 10 heteroatoms. The number of hydrogen-bond acceptors (Lipinski definition) is 7. The van der Waals surface area contributed by atoms with Gasteiger partial charge in [0.2, 0.25) is 10.0 Å². The molecule has 3 N–H and O–H groups in total. The normalized spacial score (nSPS) is 13.9. The Bertz CT molecular complexity index is 1490. The summed E-state index contributed by atoms with van der Waals surface area (Å²) in [5.74, 6) is -0.760. The van der Waals surface area contributed by atoms with Crippen LogP contribution in [-0.2, 0) is 19.6 Å². The molecule has 0 aromatic heterocycles. The first kappa shape index (κ1) is 27.9. The Morgan fingerprint density at radius 2 is 1.72 bits per heavy atom. The highest BCUT2D eigenvalue weighted by atomic mass is 32.2. The second kappa shape index (κ2) is 12.1. The molecule has 1 aliphatic rings. The van der Waals surface area contributed by atoms with Gasteiger partial charge in [0.1, 0.15) is 0 Å². The molecule has 1 heterocycles. The van der Waals surface area contributed by atoms with Gasteiger partial charge < -0.3 is 20.7 Å². The average Bonchev–Trinajstić information content (AvgIpc) is 3.25. The van der Waals surface area contributed by atoms with Crippen molar-refractivity contribution in [2.75, 3.05) is 47.9 Å². The number of esters is 1. The summed E-state index contributed by atoms with van der Waals surface area (Å²) in [5.41, 5.74) is 4.57. The van der Waals surface area contributed by atoms with E-state index in [1.165, 1.54) is 10.6 Å². The molecule has 0 fully saturated rings. The molecule has 0 bridgehead atoms. The summed E-state index contributed by atoms with van der Waals surface area (Å²) in [6.45, 7) is 3.05. The average molecular weight is 549 g/mol. The van der Waals surface area contributed by atoms with Crippen molar-refractivity contribution in [2.45, 2.75) is 13.3 Å². The molecule has 0 unspecified atom stereocenters. The van der Waals surface area contributed by atoms with Crippen LogP contribution in [-0.4, -0.2) is 53.3 Å². The molecule has 0 atom stereocenters. The summed E-state index contributed by atoms with van der Waals surface area (Å²) in [6, 6.07) is 21.5. The Balaban J connectivity index is 1.71. The first-order chi connectivity index (χ1) is 18.7. The summed E-state index contributed by atoms with van der Waals surface area (Å²) >= 11 is 0. The number of anilines is 3. The number of hydrogen-bond donors (Lipinski definition) is 3. The molecule has 4 rings (SSSR count). The standard InChI is InChI=1S/C29H32N4O5S/c1-4-38-29(35)21-11-16-24-25(19-21)32-28(34)26(24)27(20-9-6-5-7-10-20)31-22-12-14-23(15-13-22)33(39(3,36)37)18-8-17-30-2/h5-7,9-16,19,30-31H,4,8,17-18H2,1-3H3,(H,32,34)/b27-26+. The van der Waals surface area contributed by atoms with E-state index in [1.807, 2.05) is 37.4 Å². The van der Waals surface area contributed by atoms with Crippen LogP contribution < -0.4 is 20.3 Å². The van der Waals surface area contributed by atoms with Crippen LogP contribution in [0, 0.1) is 0 Å². The van der Waals surface area contributed by atoms with Crippen molar-refractivity contribution in [2.24, 2.45) is 0 Å². The van der Waals surface area contributed by atoms with Gasteiger partial charge in [-0.2, -0.15) is 0 Å². The maximum Gasteiger partial charge on any atom is 0.338 e. The minimum Gasteiger partial charge on any atom is -0.462 e. The van der Waals surface area contributed by atoms with Crippen LogP contribution in [0.15, 0.2) is 72.8 Å². The summed E-state index contributed by atoms with van der Waals surface area (Å²) in [6.07, 6.45) is 1.86. The molecule has 0 saturated heterocycles. The summed E-state index contributed by atoms with van der Waals surface area (Å²) in [7, 11) is -1.63. The van der Waals surface area contributed by atoms with Crippen molar-refractivity contribution in [1.82, 2.24) is 5.32 Å². The first-order valence-electron chi connectivity index (χ1n) is 12.6. The SMILES string of the molecule is CCOC(=O)c1ccc2c(c1)NC(=O)/C2=C(/Nc1ccc(N(CCCNC)S(C)(=O)=O)cc1)c1ccccc1. The number of amides is 1. The molecule has 9 nitrogen and oxygen atoms in total. The van der Waals surface area contributed by atoms with Crippen LogP contribution in [0.25, 0.3) is 11.3 Å². The minimum absolute atomic E-state index is 0.256. The van der Waals surface area contributed by atoms with E-state index in [1.54, 1.807) is 49.4 Å². The third-order valence-corrected chi connectivity index (χ3v) is 7.39. The number of fused-ring (bicyclic) bond motifs is 1. The Morgan fingerprint density at radius 1 is 1.00 bits per heavy atom. The molecule has 1 aliphatic heterocycles. The van der Waals surface area contributed by atoms with Crippen molar-refractivity contribution >= 4 is 50.2 Å². The van der Waals surface area contributed by atoms with Crippen molar-refractivity contribution in [3.8, 4) is 0 Å².